The minimum atomic E-state index is -0.945. The van der Waals surface area contributed by atoms with Crippen molar-refractivity contribution < 1.29 is 9.53 Å². The molecular formula is C8H12Cl2O2. The van der Waals surface area contributed by atoms with E-state index in [1.807, 2.05) is 13.8 Å². The lowest BCUT2D eigenvalue weighted by Gasteiger charge is -2.00. The first-order valence-electron chi connectivity index (χ1n) is 3.90. The summed E-state index contributed by atoms with van der Waals surface area (Å²) in [5.74, 6) is -0.680. The van der Waals surface area contributed by atoms with Crippen LogP contribution in [0.25, 0.3) is 0 Å². The number of hydrogen-bond acceptors (Lipinski definition) is 2. The van der Waals surface area contributed by atoms with Crippen LogP contribution in [0.2, 0.25) is 0 Å². The maximum Gasteiger partial charge on any atom is 0.312 e. The molecule has 0 aromatic carbocycles. The summed E-state index contributed by atoms with van der Waals surface area (Å²) in [5, 5.41) is 0. The molecule has 70 valence electrons. The predicted octanol–water partition coefficient (Wildman–Crippen LogP) is 2.38. The Morgan fingerprint density at radius 2 is 1.92 bits per heavy atom. The summed E-state index contributed by atoms with van der Waals surface area (Å²) in [6.45, 7) is 5.84. The molecule has 1 aliphatic carbocycles. The van der Waals surface area contributed by atoms with Gasteiger partial charge in [0.1, 0.15) is 4.33 Å². The first kappa shape index (κ1) is 10.1. The Balaban J connectivity index is 2.64. The zero-order chi connectivity index (χ0) is 9.57. The first-order valence-corrected chi connectivity index (χ1v) is 4.65. The van der Waals surface area contributed by atoms with Crippen LogP contribution < -0.4 is 0 Å². The van der Waals surface area contributed by atoms with Crippen LogP contribution in [0.4, 0.5) is 0 Å². The van der Waals surface area contributed by atoms with Gasteiger partial charge < -0.3 is 4.74 Å². The summed E-state index contributed by atoms with van der Waals surface area (Å²) >= 11 is 11.8. The molecule has 1 saturated carbocycles. The average molecular weight is 211 g/mol. The Hall–Kier alpha value is 0.0500. The molecule has 0 aromatic rings. The van der Waals surface area contributed by atoms with E-state index < -0.39 is 4.33 Å². The van der Waals surface area contributed by atoms with Crippen molar-refractivity contribution in [3.63, 3.8) is 0 Å². The molecule has 0 amide bonds. The summed E-state index contributed by atoms with van der Waals surface area (Å²) in [7, 11) is 0. The van der Waals surface area contributed by atoms with Crippen molar-refractivity contribution in [2.75, 3.05) is 6.61 Å². The van der Waals surface area contributed by atoms with Gasteiger partial charge in [0.25, 0.3) is 0 Å². The molecule has 0 aromatic heterocycles. The molecule has 1 fully saturated rings. The smallest absolute Gasteiger partial charge is 0.312 e. The lowest BCUT2D eigenvalue weighted by atomic mass is 10.1. The van der Waals surface area contributed by atoms with Crippen LogP contribution in [0.3, 0.4) is 0 Å². The van der Waals surface area contributed by atoms with Crippen LogP contribution >= 0.6 is 23.2 Å². The van der Waals surface area contributed by atoms with Crippen molar-refractivity contribution in [2.24, 2.45) is 11.3 Å². The van der Waals surface area contributed by atoms with E-state index in [0.29, 0.717) is 6.61 Å². The number of ether oxygens (including phenoxy) is 1. The Morgan fingerprint density at radius 3 is 2.17 bits per heavy atom. The average Bonchev–Trinajstić information content (AvgIpc) is 2.24. The van der Waals surface area contributed by atoms with E-state index in [2.05, 4.69) is 0 Å². The van der Waals surface area contributed by atoms with Crippen LogP contribution in [0.5, 0.6) is 0 Å². The van der Waals surface area contributed by atoms with Gasteiger partial charge in [-0.2, -0.15) is 0 Å². The number of halogens is 2. The Bertz CT molecular complexity index is 197. The topological polar surface area (TPSA) is 26.3 Å². The highest BCUT2D eigenvalue weighted by Gasteiger charge is 2.74. The third-order valence-electron chi connectivity index (χ3n) is 2.38. The summed E-state index contributed by atoms with van der Waals surface area (Å²) in [6.07, 6.45) is 0. The number of rotatable bonds is 2. The zero-order valence-electron chi connectivity index (χ0n) is 7.36. The Kier molecular flexibility index (Phi) is 2.34. The molecule has 0 spiro atoms. The summed E-state index contributed by atoms with van der Waals surface area (Å²) in [4.78, 5) is 11.2. The molecule has 12 heavy (non-hydrogen) atoms. The molecule has 0 radical (unpaired) electrons. The van der Waals surface area contributed by atoms with Crippen molar-refractivity contribution in [3.05, 3.63) is 0 Å². The summed E-state index contributed by atoms with van der Waals surface area (Å²) in [6, 6.07) is 0. The van der Waals surface area contributed by atoms with E-state index in [4.69, 9.17) is 27.9 Å². The fourth-order valence-corrected chi connectivity index (χ4v) is 2.16. The molecule has 0 heterocycles. The summed E-state index contributed by atoms with van der Waals surface area (Å²) < 4.78 is 3.88. The van der Waals surface area contributed by atoms with Gasteiger partial charge in [-0.05, 0) is 6.92 Å². The van der Waals surface area contributed by atoms with E-state index in [0.717, 1.165) is 0 Å². The van der Waals surface area contributed by atoms with Crippen LogP contribution in [0.15, 0.2) is 0 Å². The van der Waals surface area contributed by atoms with E-state index in [-0.39, 0.29) is 17.3 Å². The van der Waals surface area contributed by atoms with Crippen molar-refractivity contribution in [2.45, 2.75) is 25.1 Å². The monoisotopic (exact) mass is 210 g/mol. The van der Waals surface area contributed by atoms with Gasteiger partial charge >= 0.3 is 5.97 Å². The SMILES string of the molecule is CCOC(=O)C1C(C)(C)C1(Cl)Cl. The highest BCUT2D eigenvalue weighted by atomic mass is 35.5. The van der Waals surface area contributed by atoms with Gasteiger partial charge in [0.2, 0.25) is 0 Å². The van der Waals surface area contributed by atoms with Crippen LogP contribution in [-0.4, -0.2) is 16.9 Å². The molecule has 1 atom stereocenters. The minimum Gasteiger partial charge on any atom is -0.466 e. The van der Waals surface area contributed by atoms with Crippen LogP contribution in [0, 0.1) is 11.3 Å². The molecule has 4 heteroatoms. The van der Waals surface area contributed by atoms with E-state index in [1.165, 1.54) is 0 Å². The molecular weight excluding hydrogens is 199 g/mol. The Morgan fingerprint density at radius 1 is 1.50 bits per heavy atom. The van der Waals surface area contributed by atoms with Crippen molar-refractivity contribution in [3.8, 4) is 0 Å². The van der Waals surface area contributed by atoms with E-state index in [1.54, 1.807) is 6.92 Å². The Labute approximate surface area is 82.2 Å². The molecule has 0 N–H and O–H groups in total. The van der Waals surface area contributed by atoms with Gasteiger partial charge in [0.15, 0.2) is 0 Å². The lowest BCUT2D eigenvalue weighted by molar-refractivity contribution is -0.145. The van der Waals surface area contributed by atoms with Gasteiger partial charge in [0, 0.05) is 5.41 Å². The van der Waals surface area contributed by atoms with Crippen LogP contribution in [-0.2, 0) is 9.53 Å². The highest BCUT2D eigenvalue weighted by molar-refractivity contribution is 6.53. The maximum atomic E-state index is 11.2. The first-order chi connectivity index (χ1) is 5.35. The predicted molar refractivity (Wildman–Crippen MR) is 48.3 cm³/mol. The molecule has 0 aliphatic heterocycles. The van der Waals surface area contributed by atoms with Gasteiger partial charge in [-0.15, -0.1) is 23.2 Å². The quantitative estimate of drug-likeness (QED) is 0.517. The number of hydrogen-bond donors (Lipinski definition) is 0. The molecule has 0 saturated heterocycles. The fraction of sp³-hybridized carbons (Fsp3) is 0.875. The second kappa shape index (κ2) is 2.78. The standard InChI is InChI=1S/C8H12Cl2O2/c1-4-12-6(11)5-7(2,3)8(5,9)10/h5H,4H2,1-3H3. The van der Waals surface area contributed by atoms with E-state index in [9.17, 15) is 4.79 Å². The highest BCUT2D eigenvalue weighted by Crippen LogP contribution is 2.68. The third kappa shape index (κ3) is 1.21. The molecule has 1 unspecified atom stereocenters. The summed E-state index contributed by atoms with van der Waals surface area (Å²) in [5.41, 5.74) is -0.359. The van der Waals surface area contributed by atoms with Crippen molar-refractivity contribution in [1.29, 1.82) is 0 Å². The maximum absolute atomic E-state index is 11.2. The van der Waals surface area contributed by atoms with Gasteiger partial charge in [-0.25, -0.2) is 0 Å². The second-order valence-corrected chi connectivity index (χ2v) is 4.92. The lowest BCUT2D eigenvalue weighted by Crippen LogP contribution is -2.11. The fourth-order valence-electron chi connectivity index (χ4n) is 1.33. The van der Waals surface area contributed by atoms with Crippen LogP contribution in [0.1, 0.15) is 20.8 Å². The number of alkyl halides is 2. The minimum absolute atomic E-state index is 0.299. The number of carbonyl (C=O) groups excluding carboxylic acids is 1. The van der Waals surface area contributed by atoms with Gasteiger partial charge in [0.05, 0.1) is 12.5 Å². The van der Waals surface area contributed by atoms with Gasteiger partial charge in [-0.3, -0.25) is 4.79 Å². The molecule has 1 rings (SSSR count). The number of esters is 1. The molecule has 2 nitrogen and oxygen atoms in total. The normalized spacial score (nSPS) is 29.6. The largest absolute Gasteiger partial charge is 0.466 e. The molecule has 1 aliphatic rings. The van der Waals surface area contributed by atoms with Gasteiger partial charge in [-0.1, -0.05) is 13.8 Å². The third-order valence-corrected chi connectivity index (χ3v) is 3.79. The number of carbonyl (C=O) groups is 1. The van der Waals surface area contributed by atoms with E-state index >= 15 is 0 Å². The van der Waals surface area contributed by atoms with Crippen molar-refractivity contribution in [1.82, 2.24) is 0 Å². The zero-order valence-corrected chi connectivity index (χ0v) is 8.87. The molecule has 0 bridgehead atoms. The second-order valence-electron chi connectivity index (χ2n) is 3.53. The van der Waals surface area contributed by atoms with Crippen molar-refractivity contribution >= 4 is 29.2 Å².